The van der Waals surface area contributed by atoms with Crippen LogP contribution in [-0.2, 0) is 14.3 Å². The minimum absolute atomic E-state index is 0.0229. The quantitative estimate of drug-likeness (QED) is 0.327. The van der Waals surface area contributed by atoms with Crippen LogP contribution in [-0.4, -0.2) is 57.9 Å². The molecule has 1 aliphatic rings. The molecule has 27 heavy (non-hydrogen) atoms. The maximum absolute atomic E-state index is 12.9. The molecule has 1 aromatic carbocycles. The number of aliphatic imine (C=N–C) groups is 1. The number of amides is 1. The van der Waals surface area contributed by atoms with Crippen LogP contribution < -0.4 is 16.0 Å². The highest BCUT2D eigenvalue weighted by Crippen LogP contribution is 2.12. The van der Waals surface area contributed by atoms with Gasteiger partial charge in [-0.25, -0.2) is 9.38 Å². The van der Waals surface area contributed by atoms with Crippen LogP contribution in [0, 0.1) is 11.7 Å². The first-order valence-corrected chi connectivity index (χ1v) is 9.40. The van der Waals surface area contributed by atoms with Crippen molar-refractivity contribution in [2.24, 2.45) is 10.9 Å². The van der Waals surface area contributed by atoms with E-state index in [1.54, 1.807) is 0 Å². The number of benzene rings is 1. The predicted molar refractivity (Wildman–Crippen MR) is 103 cm³/mol. The molecule has 0 saturated carbocycles. The van der Waals surface area contributed by atoms with E-state index in [4.69, 9.17) is 9.47 Å². The van der Waals surface area contributed by atoms with E-state index in [2.05, 4.69) is 20.9 Å². The second-order valence-corrected chi connectivity index (χ2v) is 6.34. The van der Waals surface area contributed by atoms with E-state index < -0.39 is 0 Å². The molecule has 1 aromatic rings. The van der Waals surface area contributed by atoms with Crippen LogP contribution in [0.1, 0.15) is 19.8 Å². The van der Waals surface area contributed by atoms with Gasteiger partial charge in [0.1, 0.15) is 12.4 Å². The largest absolute Gasteiger partial charge is 0.381 e. The number of rotatable bonds is 10. The third-order valence-corrected chi connectivity index (χ3v) is 3.99. The molecule has 1 heterocycles. The Hall–Kier alpha value is -2.19. The number of nitrogens with one attached hydrogen (secondary N) is 3. The molecular formula is C19H29FN4O3. The Balaban J connectivity index is 1.63. The number of guanidine groups is 1. The van der Waals surface area contributed by atoms with Gasteiger partial charge < -0.3 is 25.4 Å². The number of nitrogens with zero attached hydrogens (tertiary/aromatic N) is 1. The molecule has 8 heteroatoms. The number of hydrogen-bond acceptors (Lipinski definition) is 4. The van der Waals surface area contributed by atoms with Crippen LogP contribution in [0.15, 0.2) is 29.3 Å². The Morgan fingerprint density at radius 2 is 2.15 bits per heavy atom. The van der Waals surface area contributed by atoms with E-state index in [1.807, 2.05) is 6.92 Å². The van der Waals surface area contributed by atoms with Crippen LogP contribution >= 0.6 is 0 Å². The minimum Gasteiger partial charge on any atom is -0.381 e. The maximum atomic E-state index is 12.9. The fourth-order valence-electron chi connectivity index (χ4n) is 2.57. The molecular weight excluding hydrogens is 351 g/mol. The predicted octanol–water partition coefficient (Wildman–Crippen LogP) is 1.76. The highest BCUT2D eigenvalue weighted by molar-refractivity contribution is 5.94. The number of carbonyl (C=O) groups excluding carboxylic acids is 1. The van der Waals surface area contributed by atoms with E-state index in [9.17, 15) is 9.18 Å². The molecule has 1 unspecified atom stereocenters. The highest BCUT2D eigenvalue weighted by atomic mass is 19.1. The van der Waals surface area contributed by atoms with Crippen molar-refractivity contribution in [3.8, 4) is 0 Å². The van der Waals surface area contributed by atoms with Gasteiger partial charge in [-0.05, 0) is 44.0 Å². The van der Waals surface area contributed by atoms with E-state index in [0.29, 0.717) is 37.3 Å². The van der Waals surface area contributed by atoms with E-state index in [0.717, 1.165) is 32.7 Å². The first kappa shape index (κ1) is 21.1. The first-order valence-electron chi connectivity index (χ1n) is 9.40. The van der Waals surface area contributed by atoms with Gasteiger partial charge in [0, 0.05) is 37.9 Å². The Kier molecular flexibility index (Phi) is 9.57. The van der Waals surface area contributed by atoms with Crippen molar-refractivity contribution < 1.29 is 18.7 Å². The summed E-state index contributed by atoms with van der Waals surface area (Å²) in [6.07, 6.45) is 1.93. The van der Waals surface area contributed by atoms with Crippen LogP contribution in [0.3, 0.4) is 0 Å². The second kappa shape index (κ2) is 12.2. The SMILES string of the molecule is CCNC(=NCC(=O)Nc1ccc(F)cc1)NCCCOCC1CCOC1. The molecule has 0 radical (unpaired) electrons. The monoisotopic (exact) mass is 380 g/mol. The third kappa shape index (κ3) is 8.83. The summed E-state index contributed by atoms with van der Waals surface area (Å²) in [5.41, 5.74) is 0.541. The number of hydrogen-bond donors (Lipinski definition) is 3. The normalized spacial score (nSPS) is 17.0. The number of halogens is 1. The zero-order chi connectivity index (χ0) is 19.3. The number of anilines is 1. The Bertz CT molecular complexity index is 589. The third-order valence-electron chi connectivity index (χ3n) is 3.99. The van der Waals surface area contributed by atoms with Gasteiger partial charge in [0.05, 0.1) is 13.2 Å². The highest BCUT2D eigenvalue weighted by Gasteiger charge is 2.15. The zero-order valence-electron chi connectivity index (χ0n) is 15.8. The van der Waals surface area contributed by atoms with Crippen molar-refractivity contribution in [1.29, 1.82) is 0 Å². The second-order valence-electron chi connectivity index (χ2n) is 6.34. The van der Waals surface area contributed by atoms with Gasteiger partial charge in [0.15, 0.2) is 5.96 Å². The standard InChI is InChI=1S/C19H29FN4O3/c1-2-21-19(22-9-3-10-26-13-15-8-11-27-14-15)23-12-18(25)24-17-6-4-16(20)5-7-17/h4-7,15H,2-3,8-14H2,1H3,(H,24,25)(H2,21,22,23). The maximum Gasteiger partial charge on any atom is 0.246 e. The summed E-state index contributed by atoms with van der Waals surface area (Å²) >= 11 is 0. The summed E-state index contributed by atoms with van der Waals surface area (Å²) < 4.78 is 23.8. The van der Waals surface area contributed by atoms with E-state index in [1.165, 1.54) is 24.3 Å². The molecule has 1 amide bonds. The fraction of sp³-hybridized carbons (Fsp3) is 0.579. The Labute approximate surface area is 159 Å². The summed E-state index contributed by atoms with van der Waals surface area (Å²) in [5.74, 6) is 0.499. The molecule has 2 rings (SSSR count). The molecule has 0 spiro atoms. The molecule has 1 fully saturated rings. The van der Waals surface area contributed by atoms with Crippen molar-refractivity contribution in [3.05, 3.63) is 30.1 Å². The first-order chi connectivity index (χ1) is 13.2. The molecule has 150 valence electrons. The minimum atomic E-state index is -0.342. The summed E-state index contributed by atoms with van der Waals surface area (Å²) in [4.78, 5) is 16.2. The Morgan fingerprint density at radius 1 is 1.33 bits per heavy atom. The lowest BCUT2D eigenvalue weighted by Crippen LogP contribution is -2.38. The molecule has 3 N–H and O–H groups in total. The van der Waals surface area contributed by atoms with Crippen LogP contribution in [0.25, 0.3) is 0 Å². The van der Waals surface area contributed by atoms with Crippen molar-refractivity contribution >= 4 is 17.6 Å². The molecule has 0 aliphatic carbocycles. The average Bonchev–Trinajstić information content (AvgIpc) is 3.18. The zero-order valence-corrected chi connectivity index (χ0v) is 15.8. The van der Waals surface area contributed by atoms with Crippen LogP contribution in [0.5, 0.6) is 0 Å². The van der Waals surface area contributed by atoms with E-state index >= 15 is 0 Å². The molecule has 1 atom stereocenters. The van der Waals surface area contributed by atoms with Crippen molar-refractivity contribution in [1.82, 2.24) is 10.6 Å². The van der Waals surface area contributed by atoms with Gasteiger partial charge in [0.25, 0.3) is 0 Å². The topological polar surface area (TPSA) is 84.0 Å². The van der Waals surface area contributed by atoms with Gasteiger partial charge >= 0.3 is 0 Å². The van der Waals surface area contributed by atoms with Gasteiger partial charge in [-0.2, -0.15) is 0 Å². The summed E-state index contributed by atoms with van der Waals surface area (Å²) in [6, 6.07) is 5.62. The average molecular weight is 380 g/mol. The van der Waals surface area contributed by atoms with Gasteiger partial charge in [-0.15, -0.1) is 0 Å². The van der Waals surface area contributed by atoms with Crippen LogP contribution in [0.2, 0.25) is 0 Å². The van der Waals surface area contributed by atoms with E-state index in [-0.39, 0.29) is 18.3 Å². The lowest BCUT2D eigenvalue weighted by molar-refractivity contribution is -0.114. The summed E-state index contributed by atoms with van der Waals surface area (Å²) in [5, 5.41) is 8.96. The molecule has 0 aromatic heterocycles. The lowest BCUT2D eigenvalue weighted by Gasteiger charge is -2.12. The van der Waals surface area contributed by atoms with Crippen molar-refractivity contribution in [2.45, 2.75) is 19.8 Å². The Morgan fingerprint density at radius 3 is 2.85 bits per heavy atom. The molecule has 1 saturated heterocycles. The van der Waals surface area contributed by atoms with Crippen molar-refractivity contribution in [3.63, 3.8) is 0 Å². The molecule has 0 bridgehead atoms. The summed E-state index contributed by atoms with van der Waals surface area (Å²) in [7, 11) is 0. The fourth-order valence-corrected chi connectivity index (χ4v) is 2.57. The van der Waals surface area contributed by atoms with Crippen molar-refractivity contribution in [2.75, 3.05) is 51.4 Å². The smallest absolute Gasteiger partial charge is 0.246 e. The number of ether oxygens (including phenoxy) is 2. The molecule has 1 aliphatic heterocycles. The molecule has 7 nitrogen and oxygen atoms in total. The van der Waals surface area contributed by atoms with Crippen LogP contribution in [0.4, 0.5) is 10.1 Å². The van der Waals surface area contributed by atoms with Gasteiger partial charge in [0.2, 0.25) is 5.91 Å². The summed E-state index contributed by atoms with van der Waals surface area (Å²) in [6.45, 7) is 6.40. The van der Waals surface area contributed by atoms with Gasteiger partial charge in [-0.1, -0.05) is 0 Å². The van der Waals surface area contributed by atoms with Gasteiger partial charge in [-0.3, -0.25) is 4.79 Å². The lowest BCUT2D eigenvalue weighted by atomic mass is 10.1. The number of carbonyl (C=O) groups is 1.